The highest BCUT2D eigenvalue weighted by atomic mass is 19.4. The van der Waals surface area contributed by atoms with Gasteiger partial charge < -0.3 is 4.42 Å². The third-order valence-electron chi connectivity index (χ3n) is 8.02. The summed E-state index contributed by atoms with van der Waals surface area (Å²) in [6, 6.07) is 31.9. The highest BCUT2D eigenvalue weighted by molar-refractivity contribution is 5.88. The van der Waals surface area contributed by atoms with E-state index in [9.17, 15) is 23.2 Å². The molecule has 0 radical (unpaired) electrons. The Balaban J connectivity index is 1.45. The number of hydrogen-bond acceptors (Lipinski definition) is 4. The lowest BCUT2D eigenvalue weighted by molar-refractivity contribution is -0.153. The fourth-order valence-corrected chi connectivity index (χ4v) is 5.19. The Morgan fingerprint density at radius 1 is 0.837 bits per heavy atom. The van der Waals surface area contributed by atoms with E-state index in [4.69, 9.17) is 4.42 Å². The Hall–Kier alpha value is -4.67. The van der Waals surface area contributed by atoms with Crippen LogP contribution in [0.4, 0.5) is 13.2 Å². The molecule has 0 bridgehead atoms. The maximum Gasteiger partial charge on any atom is 0.449 e. The third kappa shape index (κ3) is 6.55. The fourth-order valence-electron chi connectivity index (χ4n) is 5.19. The summed E-state index contributed by atoms with van der Waals surface area (Å²) in [5, 5.41) is 11.8. The van der Waals surface area contributed by atoms with E-state index >= 15 is 0 Å². The fraction of sp³-hybridized carbons (Fsp3) is 0.222. The van der Waals surface area contributed by atoms with Crippen molar-refractivity contribution < 1.29 is 22.4 Å². The Morgan fingerprint density at radius 3 is 2.26 bits per heavy atom. The molecular weight excluding hydrogens is 549 g/mol. The van der Waals surface area contributed by atoms with Crippen molar-refractivity contribution in [1.29, 1.82) is 5.26 Å². The molecule has 0 N–H and O–H groups in total. The van der Waals surface area contributed by atoms with Crippen LogP contribution in [0.25, 0.3) is 21.9 Å². The smallest absolute Gasteiger partial charge is 0.449 e. The molecule has 0 aliphatic heterocycles. The van der Waals surface area contributed by atoms with Gasteiger partial charge in [-0.3, -0.25) is 9.69 Å². The van der Waals surface area contributed by atoms with Crippen LogP contribution in [-0.2, 0) is 36.0 Å². The van der Waals surface area contributed by atoms with E-state index in [1.165, 1.54) is 6.07 Å². The van der Waals surface area contributed by atoms with Crippen LogP contribution in [0.3, 0.4) is 0 Å². The Kier molecular flexibility index (Phi) is 8.25. The molecule has 0 amide bonds. The summed E-state index contributed by atoms with van der Waals surface area (Å²) < 4.78 is 44.9. The van der Waals surface area contributed by atoms with Crippen LogP contribution >= 0.6 is 0 Å². The van der Waals surface area contributed by atoms with Crippen LogP contribution in [0.1, 0.15) is 54.5 Å². The topological polar surface area (TPSA) is 57.2 Å². The average molecular weight is 581 g/mol. The monoisotopic (exact) mass is 580 g/mol. The van der Waals surface area contributed by atoms with E-state index in [0.29, 0.717) is 18.7 Å². The van der Waals surface area contributed by atoms with Gasteiger partial charge in [0.05, 0.1) is 18.2 Å². The molecule has 0 atom stereocenters. The molecule has 5 aromatic rings. The van der Waals surface area contributed by atoms with Crippen LogP contribution in [-0.4, -0.2) is 10.7 Å². The zero-order valence-corrected chi connectivity index (χ0v) is 24.2. The molecule has 0 saturated carbocycles. The number of nitriles is 1. The number of carbonyl (C=O) groups excluding carboxylic acids is 1. The lowest BCUT2D eigenvalue weighted by atomic mass is 9.80. The highest BCUT2D eigenvalue weighted by Crippen LogP contribution is 2.32. The molecule has 218 valence electrons. The van der Waals surface area contributed by atoms with Gasteiger partial charge in [-0.15, -0.1) is 0 Å². The number of ketones is 1. The molecule has 7 heteroatoms. The molecule has 4 nitrogen and oxygen atoms in total. The van der Waals surface area contributed by atoms with E-state index in [2.05, 4.69) is 6.07 Å². The van der Waals surface area contributed by atoms with E-state index < -0.39 is 17.4 Å². The van der Waals surface area contributed by atoms with Gasteiger partial charge in [0.1, 0.15) is 11.5 Å². The standard InChI is InChI=1S/C36H31F3N2O2/c1-24(42)35(2,3)30-9-6-8-28(19-30)26-13-11-25(12-14-26)21-41(22-31-17-18-34(43-31)36(37,38)39)23-33-29(20-40)16-15-27-7-4-5-10-32(27)33/h4-19H,21-23H2,1-3H3. The first-order valence-corrected chi connectivity index (χ1v) is 14.0. The summed E-state index contributed by atoms with van der Waals surface area (Å²) in [5.74, 6) is -0.762. The number of carbonyl (C=O) groups is 1. The average Bonchev–Trinajstić information content (AvgIpc) is 3.47. The van der Waals surface area contributed by atoms with Crippen molar-refractivity contribution in [2.24, 2.45) is 0 Å². The molecule has 0 aliphatic carbocycles. The van der Waals surface area contributed by atoms with Gasteiger partial charge in [0.25, 0.3) is 0 Å². The Bertz CT molecular complexity index is 1810. The summed E-state index contributed by atoms with van der Waals surface area (Å²) in [4.78, 5) is 14.2. The maximum atomic E-state index is 13.3. The van der Waals surface area contributed by atoms with Gasteiger partial charge in [0, 0.05) is 18.5 Å². The second-order valence-corrected chi connectivity index (χ2v) is 11.3. The molecule has 5 rings (SSSR count). The van der Waals surface area contributed by atoms with Gasteiger partial charge in [-0.2, -0.15) is 18.4 Å². The highest BCUT2D eigenvalue weighted by Gasteiger charge is 2.35. The molecule has 1 aromatic heterocycles. The van der Waals surface area contributed by atoms with Crippen molar-refractivity contribution in [1.82, 2.24) is 4.90 Å². The maximum absolute atomic E-state index is 13.3. The van der Waals surface area contributed by atoms with E-state index in [0.717, 1.165) is 44.7 Å². The SMILES string of the molecule is CC(=O)C(C)(C)c1cccc(-c2ccc(CN(Cc3ccc(C(F)(F)F)o3)Cc3c(C#N)ccc4ccccc34)cc2)c1. The largest absolute Gasteiger partial charge is 0.455 e. The van der Waals surface area contributed by atoms with Crippen molar-refractivity contribution in [2.75, 3.05) is 0 Å². The van der Waals surface area contributed by atoms with Crippen LogP contribution in [0, 0.1) is 11.3 Å². The summed E-state index contributed by atoms with van der Waals surface area (Å²) in [6.45, 7) is 6.28. The van der Waals surface area contributed by atoms with Gasteiger partial charge >= 0.3 is 6.18 Å². The van der Waals surface area contributed by atoms with Crippen molar-refractivity contribution in [3.05, 3.63) is 131 Å². The molecule has 0 fully saturated rings. The minimum absolute atomic E-state index is 0.0877. The van der Waals surface area contributed by atoms with E-state index in [-0.39, 0.29) is 18.1 Å². The first-order valence-electron chi connectivity index (χ1n) is 14.0. The Labute approximate surface area is 249 Å². The van der Waals surface area contributed by atoms with Gasteiger partial charge in [-0.05, 0) is 77.6 Å². The minimum Gasteiger partial charge on any atom is -0.455 e. The summed E-state index contributed by atoms with van der Waals surface area (Å²) >= 11 is 0. The molecule has 43 heavy (non-hydrogen) atoms. The predicted octanol–water partition coefficient (Wildman–Crippen LogP) is 9.06. The van der Waals surface area contributed by atoms with Crippen molar-refractivity contribution in [2.45, 2.75) is 52.0 Å². The van der Waals surface area contributed by atoms with Crippen LogP contribution < -0.4 is 0 Å². The minimum atomic E-state index is -4.57. The molecule has 4 aromatic carbocycles. The first-order chi connectivity index (χ1) is 20.5. The predicted molar refractivity (Wildman–Crippen MR) is 161 cm³/mol. The van der Waals surface area contributed by atoms with Gasteiger partial charge in [0.2, 0.25) is 5.76 Å². The Morgan fingerprint density at radius 2 is 1.58 bits per heavy atom. The second kappa shape index (κ2) is 11.9. The molecule has 0 aliphatic rings. The van der Waals surface area contributed by atoms with Gasteiger partial charge in [0.15, 0.2) is 0 Å². The number of Topliss-reactive ketones (excluding diaryl/α,β-unsaturated/α-hetero) is 1. The van der Waals surface area contributed by atoms with Crippen molar-refractivity contribution in [3.63, 3.8) is 0 Å². The first kappa shape index (κ1) is 29.8. The quantitative estimate of drug-likeness (QED) is 0.175. The lowest BCUT2D eigenvalue weighted by Crippen LogP contribution is -2.26. The van der Waals surface area contributed by atoms with Crippen LogP contribution in [0.5, 0.6) is 0 Å². The number of fused-ring (bicyclic) bond motifs is 1. The van der Waals surface area contributed by atoms with E-state index in [1.807, 2.05) is 97.6 Å². The van der Waals surface area contributed by atoms with Crippen LogP contribution in [0.2, 0.25) is 0 Å². The summed E-state index contributed by atoms with van der Waals surface area (Å²) in [6.07, 6.45) is -4.57. The number of halogens is 3. The van der Waals surface area contributed by atoms with Crippen LogP contribution in [0.15, 0.2) is 101 Å². The molecular formula is C36H31F3N2O2. The number of nitrogens with zero attached hydrogens (tertiary/aromatic N) is 2. The zero-order valence-electron chi connectivity index (χ0n) is 24.2. The molecule has 0 spiro atoms. The summed E-state index contributed by atoms with van der Waals surface area (Å²) in [5.41, 5.74) is 4.59. The van der Waals surface area contributed by atoms with Crippen molar-refractivity contribution in [3.8, 4) is 17.2 Å². The number of benzene rings is 4. The number of furan rings is 1. The molecule has 0 saturated heterocycles. The van der Waals surface area contributed by atoms with Gasteiger partial charge in [-0.25, -0.2) is 0 Å². The zero-order chi connectivity index (χ0) is 30.8. The lowest BCUT2D eigenvalue weighted by Gasteiger charge is -2.24. The van der Waals surface area contributed by atoms with E-state index in [1.54, 1.807) is 13.0 Å². The second-order valence-electron chi connectivity index (χ2n) is 11.3. The number of rotatable bonds is 9. The molecule has 1 heterocycles. The summed E-state index contributed by atoms with van der Waals surface area (Å²) in [7, 11) is 0. The number of alkyl halides is 3. The normalized spacial score (nSPS) is 12.0. The van der Waals surface area contributed by atoms with Gasteiger partial charge in [-0.1, -0.05) is 78.9 Å². The third-order valence-corrected chi connectivity index (χ3v) is 8.02. The van der Waals surface area contributed by atoms with Crippen molar-refractivity contribution >= 4 is 16.6 Å². The molecule has 0 unspecified atom stereocenters. The number of hydrogen-bond donors (Lipinski definition) is 0.